The average Bonchev–Trinajstić information content (AvgIpc) is 2.93. The van der Waals surface area contributed by atoms with Crippen LogP contribution < -0.4 is 15.2 Å². The summed E-state index contributed by atoms with van der Waals surface area (Å²) in [6, 6.07) is 11.6. The number of sulfonamides is 1. The first-order chi connectivity index (χ1) is 12.3. The molecule has 2 aromatic carbocycles. The number of para-hydroxylation sites is 1. The van der Waals surface area contributed by atoms with Crippen molar-refractivity contribution in [2.24, 2.45) is 15.3 Å². The SMILES string of the molecule is COc1ccc(/C(C)=N/N=C2C(=O)Nc3ccccc32)cc1S(N)(=O)=O. The van der Waals surface area contributed by atoms with E-state index in [-0.39, 0.29) is 22.3 Å². The van der Waals surface area contributed by atoms with Crippen molar-refractivity contribution < 1.29 is 17.9 Å². The number of anilines is 1. The smallest absolute Gasteiger partial charge is 0.276 e. The van der Waals surface area contributed by atoms with Crippen LogP contribution >= 0.6 is 0 Å². The largest absolute Gasteiger partial charge is 0.495 e. The minimum Gasteiger partial charge on any atom is -0.495 e. The molecule has 1 aliphatic heterocycles. The molecule has 134 valence electrons. The summed E-state index contributed by atoms with van der Waals surface area (Å²) in [4.78, 5) is 11.9. The number of hydrogen-bond donors (Lipinski definition) is 2. The molecule has 1 amide bonds. The molecule has 0 fully saturated rings. The third-order valence-electron chi connectivity index (χ3n) is 3.83. The van der Waals surface area contributed by atoms with Gasteiger partial charge in [-0.05, 0) is 36.8 Å². The zero-order valence-electron chi connectivity index (χ0n) is 14.1. The molecule has 8 nitrogen and oxygen atoms in total. The predicted molar refractivity (Wildman–Crippen MR) is 98.2 cm³/mol. The van der Waals surface area contributed by atoms with E-state index in [2.05, 4.69) is 15.5 Å². The van der Waals surface area contributed by atoms with Gasteiger partial charge in [-0.3, -0.25) is 4.79 Å². The van der Waals surface area contributed by atoms with E-state index in [0.29, 0.717) is 22.5 Å². The van der Waals surface area contributed by atoms with E-state index in [1.807, 2.05) is 6.07 Å². The average molecular weight is 372 g/mol. The molecule has 1 heterocycles. The molecule has 0 radical (unpaired) electrons. The van der Waals surface area contributed by atoms with Crippen molar-refractivity contribution >= 4 is 33.0 Å². The van der Waals surface area contributed by atoms with Gasteiger partial charge in [-0.2, -0.15) is 5.10 Å². The van der Waals surface area contributed by atoms with Crippen LogP contribution in [0.15, 0.2) is 57.6 Å². The van der Waals surface area contributed by atoms with E-state index in [0.717, 1.165) is 0 Å². The van der Waals surface area contributed by atoms with Gasteiger partial charge in [-0.1, -0.05) is 18.2 Å². The Morgan fingerprint density at radius 2 is 1.92 bits per heavy atom. The summed E-state index contributed by atoms with van der Waals surface area (Å²) in [6.07, 6.45) is 0. The number of nitrogens with zero attached hydrogens (tertiary/aromatic N) is 2. The fraction of sp³-hybridized carbons (Fsp3) is 0.118. The van der Waals surface area contributed by atoms with Gasteiger partial charge in [0.05, 0.1) is 18.5 Å². The van der Waals surface area contributed by atoms with Gasteiger partial charge in [0, 0.05) is 5.56 Å². The highest BCUT2D eigenvalue weighted by Crippen LogP contribution is 2.25. The number of carbonyl (C=O) groups is 1. The number of primary sulfonamides is 1. The van der Waals surface area contributed by atoms with Crippen LogP contribution in [-0.2, 0) is 14.8 Å². The summed E-state index contributed by atoms with van der Waals surface area (Å²) in [5.74, 6) is -0.206. The van der Waals surface area contributed by atoms with Crippen molar-refractivity contribution in [1.82, 2.24) is 0 Å². The summed E-state index contributed by atoms with van der Waals surface area (Å²) in [5.41, 5.74) is 2.44. The number of methoxy groups -OCH3 is 1. The molecule has 3 N–H and O–H groups in total. The van der Waals surface area contributed by atoms with Crippen molar-refractivity contribution in [3.05, 3.63) is 53.6 Å². The minimum absolute atomic E-state index is 0.138. The Balaban J connectivity index is 2.00. The fourth-order valence-corrected chi connectivity index (χ4v) is 3.23. The van der Waals surface area contributed by atoms with Crippen molar-refractivity contribution in [3.63, 3.8) is 0 Å². The van der Waals surface area contributed by atoms with Gasteiger partial charge in [-0.15, -0.1) is 5.10 Å². The Morgan fingerprint density at radius 3 is 2.62 bits per heavy atom. The van der Waals surface area contributed by atoms with Gasteiger partial charge in [0.2, 0.25) is 10.0 Å². The third-order valence-corrected chi connectivity index (χ3v) is 4.77. The summed E-state index contributed by atoms with van der Waals surface area (Å²) in [6.45, 7) is 1.65. The fourth-order valence-electron chi connectivity index (χ4n) is 2.51. The first-order valence-corrected chi connectivity index (χ1v) is 9.10. The Labute approximate surface area is 150 Å². The lowest BCUT2D eigenvalue weighted by atomic mass is 10.1. The molecule has 3 rings (SSSR count). The van der Waals surface area contributed by atoms with Gasteiger partial charge in [-0.25, -0.2) is 13.6 Å². The normalized spacial score (nSPS) is 15.7. The number of carbonyl (C=O) groups excluding carboxylic acids is 1. The summed E-state index contributed by atoms with van der Waals surface area (Å²) < 4.78 is 28.4. The molecule has 0 aromatic heterocycles. The first-order valence-electron chi connectivity index (χ1n) is 7.55. The number of ether oxygens (including phenoxy) is 1. The van der Waals surface area contributed by atoms with Crippen LogP contribution in [0.4, 0.5) is 5.69 Å². The van der Waals surface area contributed by atoms with E-state index in [1.54, 1.807) is 31.2 Å². The van der Waals surface area contributed by atoms with Crippen LogP contribution in [0.5, 0.6) is 5.75 Å². The van der Waals surface area contributed by atoms with Gasteiger partial charge in [0.15, 0.2) is 5.71 Å². The lowest BCUT2D eigenvalue weighted by Crippen LogP contribution is -2.15. The van der Waals surface area contributed by atoms with Crippen LogP contribution in [0.1, 0.15) is 18.1 Å². The zero-order valence-corrected chi connectivity index (χ0v) is 14.9. The maximum atomic E-state index is 12.0. The summed E-state index contributed by atoms with van der Waals surface area (Å²) in [7, 11) is -2.61. The zero-order chi connectivity index (χ0) is 18.9. The second-order valence-corrected chi connectivity index (χ2v) is 7.07. The number of fused-ring (bicyclic) bond motifs is 1. The van der Waals surface area contributed by atoms with Crippen molar-refractivity contribution in [2.75, 3.05) is 12.4 Å². The Hall–Kier alpha value is -3.04. The lowest BCUT2D eigenvalue weighted by Gasteiger charge is -2.08. The lowest BCUT2D eigenvalue weighted by molar-refractivity contribution is -0.110. The van der Waals surface area contributed by atoms with Crippen molar-refractivity contribution in [3.8, 4) is 5.75 Å². The van der Waals surface area contributed by atoms with E-state index < -0.39 is 10.0 Å². The molecular weight excluding hydrogens is 356 g/mol. The van der Waals surface area contributed by atoms with Crippen LogP contribution in [0.2, 0.25) is 0 Å². The second kappa shape index (κ2) is 6.70. The molecule has 2 aromatic rings. The van der Waals surface area contributed by atoms with Crippen molar-refractivity contribution in [1.29, 1.82) is 0 Å². The molecule has 26 heavy (non-hydrogen) atoms. The maximum absolute atomic E-state index is 12.0. The predicted octanol–water partition coefficient (Wildman–Crippen LogP) is 1.51. The van der Waals surface area contributed by atoms with Gasteiger partial charge >= 0.3 is 0 Å². The van der Waals surface area contributed by atoms with Gasteiger partial charge in [0.1, 0.15) is 10.6 Å². The monoisotopic (exact) mass is 372 g/mol. The number of nitrogens with two attached hydrogens (primary N) is 1. The van der Waals surface area contributed by atoms with Crippen LogP contribution in [-0.4, -0.2) is 32.9 Å². The third kappa shape index (κ3) is 3.35. The molecule has 0 spiro atoms. The number of hydrogen-bond acceptors (Lipinski definition) is 6. The molecule has 0 unspecified atom stereocenters. The van der Waals surface area contributed by atoms with E-state index >= 15 is 0 Å². The first kappa shape index (κ1) is 17.8. The van der Waals surface area contributed by atoms with E-state index in [4.69, 9.17) is 9.88 Å². The molecule has 1 aliphatic rings. The number of rotatable bonds is 4. The Kier molecular flexibility index (Phi) is 4.58. The van der Waals surface area contributed by atoms with Crippen LogP contribution in [0.3, 0.4) is 0 Å². The summed E-state index contributed by atoms with van der Waals surface area (Å²) in [5, 5.41) is 16.0. The molecule has 0 saturated carbocycles. The highest BCUT2D eigenvalue weighted by molar-refractivity contribution is 7.89. The van der Waals surface area contributed by atoms with E-state index in [9.17, 15) is 13.2 Å². The molecule has 0 atom stereocenters. The molecular formula is C17H16N4O4S. The highest BCUT2D eigenvalue weighted by atomic mass is 32.2. The quantitative estimate of drug-likeness (QED) is 0.623. The number of nitrogens with one attached hydrogen (secondary N) is 1. The maximum Gasteiger partial charge on any atom is 0.276 e. The number of amides is 1. The molecule has 0 saturated heterocycles. The topological polar surface area (TPSA) is 123 Å². The Morgan fingerprint density at radius 1 is 1.19 bits per heavy atom. The van der Waals surface area contributed by atoms with Gasteiger partial charge in [0.25, 0.3) is 5.91 Å². The second-order valence-electron chi connectivity index (χ2n) is 5.54. The van der Waals surface area contributed by atoms with Crippen LogP contribution in [0, 0.1) is 0 Å². The highest BCUT2D eigenvalue weighted by Gasteiger charge is 2.25. The van der Waals surface area contributed by atoms with Crippen molar-refractivity contribution in [2.45, 2.75) is 11.8 Å². The summed E-state index contributed by atoms with van der Waals surface area (Å²) >= 11 is 0. The molecule has 0 aliphatic carbocycles. The van der Waals surface area contributed by atoms with Gasteiger partial charge < -0.3 is 10.1 Å². The van der Waals surface area contributed by atoms with Crippen LogP contribution in [0.25, 0.3) is 0 Å². The standard InChI is InChI=1S/C17H16N4O4S/c1-10(11-7-8-14(25-2)15(9-11)26(18,23)24)20-21-16-12-5-3-4-6-13(12)19-17(16)22/h3-9H,1-2H3,(H2,18,23,24)(H,19,21,22)/b20-10+. The molecule has 0 bridgehead atoms. The minimum atomic E-state index is -3.96. The van der Waals surface area contributed by atoms with E-state index in [1.165, 1.54) is 19.2 Å². The number of benzene rings is 2. The Bertz CT molecular complexity index is 1060. The molecule has 9 heteroatoms.